The molecule has 3 rings (SSSR count). The Kier molecular flexibility index (Phi) is 7.29. The van der Waals surface area contributed by atoms with Gasteiger partial charge in [0, 0.05) is 32.4 Å². The van der Waals surface area contributed by atoms with Crippen LogP contribution in [0.1, 0.15) is 0 Å². The summed E-state index contributed by atoms with van der Waals surface area (Å²) < 4.78 is 5.94. The first-order chi connectivity index (χ1) is 9.43. The molecule has 1 fully saturated rings. The van der Waals surface area contributed by atoms with E-state index in [1.54, 1.807) is 6.20 Å². The molecule has 21 heavy (non-hydrogen) atoms. The van der Waals surface area contributed by atoms with E-state index in [4.69, 9.17) is 4.74 Å². The highest BCUT2D eigenvalue weighted by atomic mass is 35.5. The Balaban J connectivity index is 0.00000110. The van der Waals surface area contributed by atoms with Crippen molar-refractivity contribution in [2.24, 2.45) is 0 Å². The van der Waals surface area contributed by atoms with Gasteiger partial charge in [0.1, 0.15) is 5.75 Å². The molecular formula is C15H19Cl2N3O. The highest BCUT2D eigenvalue weighted by Crippen LogP contribution is 2.31. The van der Waals surface area contributed by atoms with E-state index in [9.17, 15) is 0 Å². The van der Waals surface area contributed by atoms with Crippen LogP contribution >= 0.6 is 24.8 Å². The largest absolute Gasteiger partial charge is 0.454 e. The fourth-order valence-electron chi connectivity index (χ4n) is 2.23. The van der Waals surface area contributed by atoms with E-state index in [0.717, 1.165) is 43.4 Å². The maximum Gasteiger partial charge on any atom is 0.168 e. The lowest BCUT2D eigenvalue weighted by Gasteiger charge is -2.30. The first-order valence-electron chi connectivity index (χ1n) is 6.56. The van der Waals surface area contributed by atoms with E-state index in [1.807, 2.05) is 42.6 Å². The van der Waals surface area contributed by atoms with E-state index in [1.165, 1.54) is 0 Å². The second-order valence-corrected chi connectivity index (χ2v) is 4.50. The summed E-state index contributed by atoms with van der Waals surface area (Å²) in [6.45, 7) is 4.00. The molecule has 0 atom stereocenters. The van der Waals surface area contributed by atoms with Crippen LogP contribution in [0.25, 0.3) is 0 Å². The van der Waals surface area contributed by atoms with Crippen molar-refractivity contribution in [3.05, 3.63) is 48.8 Å². The quantitative estimate of drug-likeness (QED) is 0.939. The van der Waals surface area contributed by atoms with E-state index >= 15 is 0 Å². The normalized spacial score (nSPS) is 13.8. The zero-order chi connectivity index (χ0) is 12.9. The van der Waals surface area contributed by atoms with Gasteiger partial charge in [-0.15, -0.1) is 24.8 Å². The number of pyridine rings is 1. The molecule has 114 valence electrons. The number of aromatic nitrogens is 1. The van der Waals surface area contributed by atoms with Gasteiger partial charge in [0.2, 0.25) is 0 Å². The number of rotatable bonds is 3. The number of anilines is 1. The molecule has 1 aliphatic rings. The van der Waals surface area contributed by atoms with Gasteiger partial charge in [-0.25, -0.2) is 0 Å². The van der Waals surface area contributed by atoms with E-state index in [0.29, 0.717) is 0 Å². The van der Waals surface area contributed by atoms with Crippen molar-refractivity contribution >= 4 is 30.5 Å². The van der Waals surface area contributed by atoms with Gasteiger partial charge in [-0.05, 0) is 18.2 Å². The van der Waals surface area contributed by atoms with Crippen LogP contribution in [0.5, 0.6) is 11.5 Å². The highest BCUT2D eigenvalue weighted by Gasteiger charge is 2.15. The third-order valence-corrected chi connectivity index (χ3v) is 3.19. The molecule has 1 N–H and O–H groups in total. The Morgan fingerprint density at radius 2 is 1.71 bits per heavy atom. The van der Waals surface area contributed by atoms with Crippen LogP contribution in [-0.2, 0) is 0 Å². The average molecular weight is 328 g/mol. The summed E-state index contributed by atoms with van der Waals surface area (Å²) in [4.78, 5) is 6.50. The van der Waals surface area contributed by atoms with Crippen molar-refractivity contribution < 1.29 is 4.74 Å². The predicted molar refractivity (Wildman–Crippen MR) is 90.3 cm³/mol. The van der Waals surface area contributed by atoms with Crippen molar-refractivity contribution in [1.29, 1.82) is 0 Å². The van der Waals surface area contributed by atoms with Crippen molar-refractivity contribution in [2.45, 2.75) is 0 Å². The monoisotopic (exact) mass is 327 g/mol. The molecule has 1 aromatic heterocycles. The van der Waals surface area contributed by atoms with Gasteiger partial charge in [-0.1, -0.05) is 18.2 Å². The molecule has 0 aliphatic carbocycles. The lowest BCUT2D eigenvalue weighted by molar-refractivity contribution is 0.475. The summed E-state index contributed by atoms with van der Waals surface area (Å²) in [6.07, 6.45) is 3.60. The van der Waals surface area contributed by atoms with Crippen molar-refractivity contribution in [3.8, 4) is 11.5 Å². The van der Waals surface area contributed by atoms with Gasteiger partial charge in [0.05, 0.1) is 11.9 Å². The smallest absolute Gasteiger partial charge is 0.168 e. The predicted octanol–water partition coefficient (Wildman–Crippen LogP) is 3.13. The third-order valence-electron chi connectivity index (χ3n) is 3.19. The fourth-order valence-corrected chi connectivity index (χ4v) is 2.23. The molecule has 2 aromatic rings. The average Bonchev–Trinajstić information content (AvgIpc) is 2.50. The highest BCUT2D eigenvalue weighted by molar-refractivity contribution is 5.85. The maximum absolute atomic E-state index is 5.94. The first-order valence-corrected chi connectivity index (χ1v) is 6.56. The summed E-state index contributed by atoms with van der Waals surface area (Å²) in [5.74, 6) is 1.66. The van der Waals surface area contributed by atoms with Gasteiger partial charge in [-0.2, -0.15) is 0 Å². The van der Waals surface area contributed by atoms with Crippen LogP contribution in [0.15, 0.2) is 48.8 Å². The molecule has 1 aromatic carbocycles. The Hall–Kier alpha value is -1.49. The number of nitrogens with one attached hydrogen (secondary N) is 1. The minimum atomic E-state index is 0. The second-order valence-electron chi connectivity index (χ2n) is 4.50. The van der Waals surface area contributed by atoms with E-state index in [-0.39, 0.29) is 24.8 Å². The van der Waals surface area contributed by atoms with Crippen LogP contribution in [0.4, 0.5) is 5.69 Å². The lowest BCUT2D eigenvalue weighted by Crippen LogP contribution is -2.43. The number of hydrogen-bond donors (Lipinski definition) is 1. The summed E-state index contributed by atoms with van der Waals surface area (Å²) in [5.41, 5.74) is 1.11. The molecule has 4 nitrogen and oxygen atoms in total. The third kappa shape index (κ3) is 4.49. The van der Waals surface area contributed by atoms with Crippen molar-refractivity contribution in [1.82, 2.24) is 10.3 Å². The number of piperazine rings is 1. The standard InChI is InChI=1S/C15H17N3O.2ClH/c1-2-4-13(5-3-1)19-15-12-17-7-6-14(15)18-10-8-16-9-11-18;;/h1-7,12,16H,8-11H2;2*1H. The molecule has 0 amide bonds. The van der Waals surface area contributed by atoms with Crippen LogP contribution < -0.4 is 15.0 Å². The minimum Gasteiger partial charge on any atom is -0.454 e. The Labute approximate surface area is 137 Å². The SMILES string of the molecule is Cl.Cl.c1ccc(Oc2cnccc2N2CCNCC2)cc1. The zero-order valence-electron chi connectivity index (χ0n) is 11.6. The molecule has 0 unspecified atom stereocenters. The summed E-state index contributed by atoms with van der Waals surface area (Å²) in [6, 6.07) is 11.8. The second kappa shape index (κ2) is 8.72. The maximum atomic E-state index is 5.94. The van der Waals surface area contributed by atoms with Crippen molar-refractivity contribution in [3.63, 3.8) is 0 Å². The van der Waals surface area contributed by atoms with Crippen LogP contribution in [-0.4, -0.2) is 31.2 Å². The molecule has 1 saturated heterocycles. The number of para-hydroxylation sites is 1. The van der Waals surface area contributed by atoms with E-state index < -0.39 is 0 Å². The Morgan fingerprint density at radius 1 is 1.00 bits per heavy atom. The molecule has 0 bridgehead atoms. The number of benzene rings is 1. The van der Waals surface area contributed by atoms with Crippen LogP contribution in [0, 0.1) is 0 Å². The first kappa shape index (κ1) is 17.6. The number of ether oxygens (including phenoxy) is 1. The van der Waals surface area contributed by atoms with Crippen molar-refractivity contribution in [2.75, 3.05) is 31.1 Å². The minimum absolute atomic E-state index is 0. The van der Waals surface area contributed by atoms with Gasteiger partial charge in [-0.3, -0.25) is 4.98 Å². The fraction of sp³-hybridized carbons (Fsp3) is 0.267. The molecule has 6 heteroatoms. The van der Waals surface area contributed by atoms with Gasteiger partial charge >= 0.3 is 0 Å². The zero-order valence-corrected chi connectivity index (χ0v) is 13.2. The number of halogens is 2. The molecule has 0 radical (unpaired) electrons. The molecular weight excluding hydrogens is 309 g/mol. The topological polar surface area (TPSA) is 37.4 Å². The van der Waals surface area contributed by atoms with Crippen LogP contribution in [0.3, 0.4) is 0 Å². The summed E-state index contributed by atoms with van der Waals surface area (Å²) in [7, 11) is 0. The lowest BCUT2D eigenvalue weighted by atomic mass is 10.2. The van der Waals surface area contributed by atoms with E-state index in [2.05, 4.69) is 15.2 Å². The van der Waals surface area contributed by atoms with Gasteiger partial charge in [0.25, 0.3) is 0 Å². The summed E-state index contributed by atoms with van der Waals surface area (Å²) in [5, 5.41) is 3.36. The summed E-state index contributed by atoms with van der Waals surface area (Å²) >= 11 is 0. The molecule has 2 heterocycles. The molecule has 0 saturated carbocycles. The molecule has 0 spiro atoms. The van der Waals surface area contributed by atoms with Gasteiger partial charge in [0.15, 0.2) is 5.75 Å². The Morgan fingerprint density at radius 3 is 2.43 bits per heavy atom. The number of nitrogens with zero attached hydrogens (tertiary/aromatic N) is 2. The number of hydrogen-bond acceptors (Lipinski definition) is 4. The Bertz CT molecular complexity index is 533. The van der Waals surface area contributed by atoms with Gasteiger partial charge < -0.3 is 15.0 Å². The molecule has 1 aliphatic heterocycles. The van der Waals surface area contributed by atoms with Crippen LogP contribution in [0.2, 0.25) is 0 Å².